The molecule has 7 heteroatoms. The van der Waals surface area contributed by atoms with Gasteiger partial charge in [0.05, 0.1) is 28.2 Å². The standard InChI is InChI=1S/C24H32N6O/c1-14-22(15(2)29-28-14)20-10-11-21-24(27-20)23(19(12-25-21)16(3)31)26-18-8-6-17(7-9-18)13-30(4)5/h10-12,17-18H,6-9,13H2,1-5H3,(H,25,26)(H,28,29). The van der Waals surface area contributed by atoms with Gasteiger partial charge in [-0.3, -0.25) is 14.9 Å². The van der Waals surface area contributed by atoms with Gasteiger partial charge in [0, 0.05) is 30.0 Å². The van der Waals surface area contributed by atoms with Crippen molar-refractivity contribution in [3.8, 4) is 11.3 Å². The number of aromatic nitrogens is 4. The summed E-state index contributed by atoms with van der Waals surface area (Å²) in [7, 11) is 4.28. The van der Waals surface area contributed by atoms with Crippen LogP contribution in [0.15, 0.2) is 18.3 Å². The molecule has 7 nitrogen and oxygen atoms in total. The third-order valence-corrected chi connectivity index (χ3v) is 6.29. The average Bonchev–Trinajstić information content (AvgIpc) is 3.07. The molecule has 0 radical (unpaired) electrons. The highest BCUT2D eigenvalue weighted by molar-refractivity contribution is 6.06. The van der Waals surface area contributed by atoms with E-state index in [0.717, 1.165) is 64.7 Å². The molecule has 31 heavy (non-hydrogen) atoms. The molecule has 0 unspecified atom stereocenters. The van der Waals surface area contributed by atoms with Gasteiger partial charge in [-0.2, -0.15) is 5.10 Å². The van der Waals surface area contributed by atoms with Crippen molar-refractivity contribution in [3.05, 3.63) is 35.3 Å². The normalized spacial score (nSPS) is 19.2. The summed E-state index contributed by atoms with van der Waals surface area (Å²) >= 11 is 0. The van der Waals surface area contributed by atoms with Gasteiger partial charge in [0.1, 0.15) is 5.52 Å². The zero-order valence-corrected chi connectivity index (χ0v) is 19.1. The van der Waals surface area contributed by atoms with Gasteiger partial charge < -0.3 is 10.2 Å². The highest BCUT2D eigenvalue weighted by Gasteiger charge is 2.24. The van der Waals surface area contributed by atoms with Gasteiger partial charge in [-0.05, 0) is 78.6 Å². The molecule has 1 aliphatic carbocycles. The van der Waals surface area contributed by atoms with Crippen molar-refractivity contribution in [3.63, 3.8) is 0 Å². The van der Waals surface area contributed by atoms with Gasteiger partial charge in [-0.15, -0.1) is 0 Å². The second kappa shape index (κ2) is 8.75. The number of pyridine rings is 2. The predicted octanol–water partition coefficient (Wildman–Crippen LogP) is 4.37. The second-order valence-electron chi connectivity index (χ2n) is 9.10. The highest BCUT2D eigenvalue weighted by atomic mass is 16.1. The van der Waals surface area contributed by atoms with Crippen LogP contribution in [0.1, 0.15) is 54.4 Å². The van der Waals surface area contributed by atoms with Crippen molar-refractivity contribution < 1.29 is 4.79 Å². The lowest BCUT2D eigenvalue weighted by Gasteiger charge is -2.31. The average molecular weight is 421 g/mol. The first-order valence-corrected chi connectivity index (χ1v) is 11.1. The van der Waals surface area contributed by atoms with E-state index in [1.165, 1.54) is 12.8 Å². The Morgan fingerprint density at radius 1 is 1.19 bits per heavy atom. The molecular formula is C24H32N6O. The summed E-state index contributed by atoms with van der Waals surface area (Å²) in [4.78, 5) is 24.2. The molecule has 0 bridgehead atoms. The number of carbonyl (C=O) groups excluding carboxylic acids is 1. The number of nitrogens with one attached hydrogen (secondary N) is 2. The smallest absolute Gasteiger partial charge is 0.163 e. The SMILES string of the molecule is CC(=O)c1cnc2ccc(-c3c(C)n[nH]c3C)nc2c1NC1CCC(CN(C)C)CC1. The van der Waals surface area contributed by atoms with E-state index in [4.69, 9.17) is 4.98 Å². The number of Topliss-reactive ketones (excluding diaryl/α,β-unsaturated/α-hetero) is 1. The van der Waals surface area contributed by atoms with Crippen LogP contribution < -0.4 is 5.32 Å². The minimum atomic E-state index is 0.000990. The lowest BCUT2D eigenvalue weighted by molar-refractivity contribution is 0.101. The molecule has 1 aliphatic rings. The quantitative estimate of drug-likeness (QED) is 0.576. The maximum Gasteiger partial charge on any atom is 0.163 e. The van der Waals surface area contributed by atoms with E-state index in [1.54, 1.807) is 13.1 Å². The van der Waals surface area contributed by atoms with E-state index < -0.39 is 0 Å². The summed E-state index contributed by atoms with van der Waals surface area (Å²) in [5.41, 5.74) is 6.70. The van der Waals surface area contributed by atoms with E-state index in [0.29, 0.717) is 11.6 Å². The Morgan fingerprint density at radius 3 is 2.55 bits per heavy atom. The minimum Gasteiger partial charge on any atom is -0.380 e. The zero-order chi connectivity index (χ0) is 22.1. The molecule has 2 N–H and O–H groups in total. The van der Waals surface area contributed by atoms with Crippen molar-refractivity contribution in [2.24, 2.45) is 5.92 Å². The first kappa shape index (κ1) is 21.4. The number of ketones is 1. The largest absolute Gasteiger partial charge is 0.380 e. The number of anilines is 1. The van der Waals surface area contributed by atoms with Crippen molar-refractivity contribution >= 4 is 22.5 Å². The molecule has 4 rings (SSSR count). The molecule has 0 aliphatic heterocycles. The molecule has 3 heterocycles. The monoisotopic (exact) mass is 420 g/mol. The summed E-state index contributed by atoms with van der Waals surface area (Å²) in [6, 6.07) is 4.29. The van der Waals surface area contributed by atoms with Crippen LogP contribution >= 0.6 is 0 Å². The van der Waals surface area contributed by atoms with Gasteiger partial charge in [-0.1, -0.05) is 0 Å². The van der Waals surface area contributed by atoms with Crippen LogP contribution in [-0.2, 0) is 0 Å². The van der Waals surface area contributed by atoms with E-state index in [-0.39, 0.29) is 5.78 Å². The number of H-pyrrole nitrogens is 1. The molecule has 0 aromatic carbocycles. The van der Waals surface area contributed by atoms with E-state index in [1.807, 2.05) is 26.0 Å². The number of hydrogen-bond donors (Lipinski definition) is 2. The summed E-state index contributed by atoms with van der Waals surface area (Å²) in [6.07, 6.45) is 6.26. The maximum absolute atomic E-state index is 12.4. The number of carbonyl (C=O) groups is 1. The highest BCUT2D eigenvalue weighted by Crippen LogP contribution is 2.33. The lowest BCUT2D eigenvalue weighted by Crippen LogP contribution is -2.31. The van der Waals surface area contributed by atoms with Gasteiger partial charge >= 0.3 is 0 Å². The number of hydrogen-bond acceptors (Lipinski definition) is 6. The maximum atomic E-state index is 12.4. The van der Waals surface area contributed by atoms with E-state index >= 15 is 0 Å². The van der Waals surface area contributed by atoms with Crippen molar-refractivity contribution in [2.45, 2.75) is 52.5 Å². The molecule has 3 aromatic rings. The van der Waals surface area contributed by atoms with Crippen LogP contribution in [0.4, 0.5) is 5.69 Å². The van der Waals surface area contributed by atoms with Gasteiger partial charge in [0.15, 0.2) is 5.78 Å². The van der Waals surface area contributed by atoms with Crippen LogP contribution in [0.25, 0.3) is 22.3 Å². The molecule has 1 fully saturated rings. The van der Waals surface area contributed by atoms with Crippen LogP contribution in [0.2, 0.25) is 0 Å². The summed E-state index contributed by atoms with van der Waals surface area (Å²) in [6.45, 7) is 6.70. The van der Waals surface area contributed by atoms with Crippen molar-refractivity contribution in [2.75, 3.05) is 26.0 Å². The Balaban J connectivity index is 1.70. The van der Waals surface area contributed by atoms with Crippen molar-refractivity contribution in [1.29, 1.82) is 0 Å². The lowest BCUT2D eigenvalue weighted by atomic mass is 9.85. The fourth-order valence-corrected chi connectivity index (χ4v) is 4.76. The molecule has 164 valence electrons. The predicted molar refractivity (Wildman–Crippen MR) is 125 cm³/mol. The first-order valence-electron chi connectivity index (χ1n) is 11.1. The fraction of sp³-hybridized carbons (Fsp3) is 0.500. The molecular weight excluding hydrogens is 388 g/mol. The summed E-state index contributed by atoms with van der Waals surface area (Å²) in [5.74, 6) is 0.743. The summed E-state index contributed by atoms with van der Waals surface area (Å²) < 4.78 is 0. The Bertz CT molecular complexity index is 1080. The molecule has 0 spiro atoms. The van der Waals surface area contributed by atoms with Gasteiger partial charge in [0.2, 0.25) is 0 Å². The third-order valence-electron chi connectivity index (χ3n) is 6.29. The van der Waals surface area contributed by atoms with Gasteiger partial charge in [0.25, 0.3) is 0 Å². The zero-order valence-electron chi connectivity index (χ0n) is 19.1. The fourth-order valence-electron chi connectivity index (χ4n) is 4.76. The molecule has 0 atom stereocenters. The van der Waals surface area contributed by atoms with Gasteiger partial charge in [-0.25, -0.2) is 4.98 Å². The molecule has 0 amide bonds. The van der Waals surface area contributed by atoms with E-state index in [2.05, 4.69) is 39.5 Å². The first-order chi connectivity index (χ1) is 14.8. The minimum absolute atomic E-state index is 0.000990. The number of rotatable bonds is 6. The molecule has 0 saturated heterocycles. The topological polar surface area (TPSA) is 86.8 Å². The number of aryl methyl sites for hydroxylation is 2. The van der Waals surface area contributed by atoms with Crippen LogP contribution in [0.5, 0.6) is 0 Å². The number of nitrogens with zero attached hydrogens (tertiary/aromatic N) is 4. The van der Waals surface area contributed by atoms with Crippen molar-refractivity contribution in [1.82, 2.24) is 25.1 Å². The Labute approximate surface area is 183 Å². The Kier molecular flexibility index (Phi) is 6.05. The van der Waals surface area contributed by atoms with Crippen LogP contribution in [0, 0.1) is 19.8 Å². The molecule has 3 aromatic heterocycles. The Hall–Kier alpha value is -2.80. The van der Waals surface area contributed by atoms with E-state index in [9.17, 15) is 4.79 Å². The number of aromatic amines is 1. The third kappa shape index (κ3) is 4.46. The second-order valence-corrected chi connectivity index (χ2v) is 9.10. The van der Waals surface area contributed by atoms with Crippen LogP contribution in [-0.4, -0.2) is 57.5 Å². The Morgan fingerprint density at radius 2 is 1.94 bits per heavy atom. The summed E-state index contributed by atoms with van der Waals surface area (Å²) in [5, 5.41) is 11.0. The number of fused-ring (bicyclic) bond motifs is 1. The van der Waals surface area contributed by atoms with Crippen LogP contribution in [0.3, 0.4) is 0 Å². The molecule has 1 saturated carbocycles.